The van der Waals surface area contributed by atoms with E-state index >= 15 is 0 Å². The first-order valence-corrected chi connectivity index (χ1v) is 6.40. The number of fused-ring (bicyclic) bond motifs is 1. The van der Waals surface area contributed by atoms with Crippen LogP contribution in [0.1, 0.15) is 20.7 Å². The van der Waals surface area contributed by atoms with Crippen LogP contribution >= 0.6 is 12.4 Å². The van der Waals surface area contributed by atoms with Crippen molar-refractivity contribution in [2.45, 2.75) is 0 Å². The number of amides is 3. The van der Waals surface area contributed by atoms with Crippen LogP contribution in [0.4, 0.5) is 0 Å². The lowest BCUT2D eigenvalue weighted by Gasteiger charge is -2.20. The van der Waals surface area contributed by atoms with E-state index in [1.807, 2.05) is 0 Å². The molecule has 21 heavy (non-hydrogen) atoms. The van der Waals surface area contributed by atoms with Gasteiger partial charge in [0.25, 0.3) is 11.8 Å². The van der Waals surface area contributed by atoms with Crippen LogP contribution in [0.2, 0.25) is 0 Å². The SMILES string of the molecule is CNCC(=O)N(C)CCN1C(=O)c2ccccc2C1=O.Cl. The number of carbonyl (C=O) groups excluding carboxylic acids is 3. The van der Waals surface area contributed by atoms with Crippen molar-refractivity contribution in [2.75, 3.05) is 33.7 Å². The molecule has 0 bridgehead atoms. The molecule has 7 heteroatoms. The summed E-state index contributed by atoms with van der Waals surface area (Å²) in [6.45, 7) is 0.767. The van der Waals surface area contributed by atoms with E-state index in [9.17, 15) is 14.4 Å². The minimum Gasteiger partial charge on any atom is -0.343 e. The zero-order valence-electron chi connectivity index (χ0n) is 12.0. The number of nitrogens with zero attached hydrogens (tertiary/aromatic N) is 2. The summed E-state index contributed by atoms with van der Waals surface area (Å²) in [6, 6.07) is 6.75. The van der Waals surface area contributed by atoms with Crippen LogP contribution in [-0.2, 0) is 4.79 Å². The fraction of sp³-hybridized carbons (Fsp3) is 0.357. The maximum Gasteiger partial charge on any atom is 0.261 e. The fourth-order valence-electron chi connectivity index (χ4n) is 2.10. The Morgan fingerprint density at radius 3 is 2.19 bits per heavy atom. The first kappa shape index (κ1) is 17.1. The van der Waals surface area contributed by atoms with Gasteiger partial charge in [-0.3, -0.25) is 19.3 Å². The predicted octanol–water partition coefficient (Wildman–Crippen LogP) is 0.382. The van der Waals surface area contributed by atoms with Gasteiger partial charge in [0, 0.05) is 20.1 Å². The number of rotatable bonds is 5. The molecule has 1 aliphatic rings. The smallest absolute Gasteiger partial charge is 0.261 e. The minimum absolute atomic E-state index is 0. The highest BCUT2D eigenvalue weighted by atomic mass is 35.5. The Bertz CT molecular complexity index is 527. The van der Waals surface area contributed by atoms with Crippen LogP contribution in [0, 0.1) is 0 Å². The molecule has 1 aliphatic heterocycles. The molecular weight excluding hydrogens is 294 g/mol. The molecule has 1 aromatic carbocycles. The first-order valence-electron chi connectivity index (χ1n) is 6.40. The second kappa shape index (κ2) is 7.19. The number of hydrogen-bond acceptors (Lipinski definition) is 4. The third-order valence-corrected chi connectivity index (χ3v) is 3.29. The molecule has 3 amide bonds. The Hall–Kier alpha value is -1.92. The minimum atomic E-state index is -0.292. The van der Waals surface area contributed by atoms with Gasteiger partial charge in [-0.15, -0.1) is 12.4 Å². The summed E-state index contributed by atoms with van der Waals surface area (Å²) in [7, 11) is 3.34. The normalized spacial score (nSPS) is 13.0. The van der Waals surface area contributed by atoms with E-state index in [2.05, 4.69) is 5.32 Å². The standard InChI is InChI=1S/C14H17N3O3.ClH/c1-15-9-12(18)16(2)7-8-17-13(19)10-5-3-4-6-11(10)14(17)20;/h3-6,15H,7-9H2,1-2H3;1H. The predicted molar refractivity (Wildman–Crippen MR) is 80.6 cm³/mol. The van der Waals surface area contributed by atoms with E-state index in [0.717, 1.165) is 0 Å². The van der Waals surface area contributed by atoms with Crippen LogP contribution in [0.3, 0.4) is 0 Å². The number of nitrogens with one attached hydrogen (secondary N) is 1. The second-order valence-corrected chi connectivity index (χ2v) is 4.65. The maximum atomic E-state index is 12.1. The van der Waals surface area contributed by atoms with Crippen LogP contribution in [0.5, 0.6) is 0 Å². The van der Waals surface area contributed by atoms with Gasteiger partial charge in [-0.1, -0.05) is 12.1 Å². The Labute approximate surface area is 129 Å². The number of halogens is 1. The molecule has 2 rings (SSSR count). The quantitative estimate of drug-likeness (QED) is 0.798. The number of carbonyl (C=O) groups is 3. The Morgan fingerprint density at radius 2 is 1.71 bits per heavy atom. The Morgan fingerprint density at radius 1 is 1.19 bits per heavy atom. The summed E-state index contributed by atoms with van der Waals surface area (Å²) in [4.78, 5) is 38.5. The zero-order valence-corrected chi connectivity index (χ0v) is 12.8. The molecule has 0 fully saturated rings. The van der Waals surface area contributed by atoms with Gasteiger partial charge in [-0.05, 0) is 19.2 Å². The van der Waals surface area contributed by atoms with Gasteiger partial charge in [-0.2, -0.15) is 0 Å². The lowest BCUT2D eigenvalue weighted by Crippen LogP contribution is -2.41. The van der Waals surface area contributed by atoms with Crippen molar-refractivity contribution in [1.29, 1.82) is 0 Å². The van der Waals surface area contributed by atoms with Crippen LogP contribution in [0.15, 0.2) is 24.3 Å². The van der Waals surface area contributed by atoms with Crippen LogP contribution < -0.4 is 5.32 Å². The van der Waals surface area contributed by atoms with E-state index in [1.165, 1.54) is 9.80 Å². The number of benzene rings is 1. The molecule has 6 nitrogen and oxygen atoms in total. The van der Waals surface area contributed by atoms with Gasteiger partial charge >= 0.3 is 0 Å². The van der Waals surface area contributed by atoms with E-state index < -0.39 is 0 Å². The molecule has 114 valence electrons. The molecule has 0 unspecified atom stereocenters. The molecule has 0 saturated heterocycles. The van der Waals surface area contributed by atoms with Crippen molar-refractivity contribution in [3.05, 3.63) is 35.4 Å². The van der Waals surface area contributed by atoms with Gasteiger partial charge in [0.1, 0.15) is 0 Å². The van der Waals surface area contributed by atoms with Gasteiger partial charge in [0.2, 0.25) is 5.91 Å². The lowest BCUT2D eigenvalue weighted by molar-refractivity contribution is -0.128. The average molecular weight is 312 g/mol. The average Bonchev–Trinajstić information content (AvgIpc) is 2.69. The molecule has 0 aromatic heterocycles. The molecule has 0 spiro atoms. The molecule has 1 aromatic rings. The van der Waals surface area contributed by atoms with E-state index in [-0.39, 0.29) is 43.2 Å². The van der Waals surface area contributed by atoms with Crippen LogP contribution in [-0.4, -0.2) is 61.3 Å². The highest BCUT2D eigenvalue weighted by Gasteiger charge is 2.34. The molecular formula is C14H18ClN3O3. The number of imide groups is 1. The highest BCUT2D eigenvalue weighted by Crippen LogP contribution is 2.21. The molecule has 0 aliphatic carbocycles. The van der Waals surface area contributed by atoms with Gasteiger partial charge in [0.05, 0.1) is 17.7 Å². The second-order valence-electron chi connectivity index (χ2n) is 4.65. The van der Waals surface area contributed by atoms with Gasteiger partial charge < -0.3 is 10.2 Å². The topological polar surface area (TPSA) is 69.7 Å². The summed E-state index contributed by atoms with van der Waals surface area (Å²) >= 11 is 0. The first-order chi connectivity index (χ1) is 9.56. The lowest BCUT2D eigenvalue weighted by atomic mass is 10.1. The monoisotopic (exact) mass is 311 g/mol. The summed E-state index contributed by atoms with van der Waals surface area (Å²) in [5, 5.41) is 2.77. The summed E-state index contributed by atoms with van der Waals surface area (Å²) in [6.07, 6.45) is 0. The Balaban J connectivity index is 0.00000220. The molecule has 1 N–H and O–H groups in total. The van der Waals surface area contributed by atoms with Gasteiger partial charge in [-0.25, -0.2) is 0 Å². The fourth-order valence-corrected chi connectivity index (χ4v) is 2.10. The van der Waals surface area contributed by atoms with E-state index in [1.54, 1.807) is 38.4 Å². The van der Waals surface area contributed by atoms with Crippen molar-refractivity contribution in [2.24, 2.45) is 0 Å². The van der Waals surface area contributed by atoms with Crippen molar-refractivity contribution in [3.63, 3.8) is 0 Å². The largest absolute Gasteiger partial charge is 0.343 e. The van der Waals surface area contributed by atoms with Crippen molar-refractivity contribution < 1.29 is 14.4 Å². The molecule has 0 radical (unpaired) electrons. The summed E-state index contributed by atoms with van der Waals surface area (Å²) in [5.74, 6) is -0.663. The molecule has 0 atom stereocenters. The van der Waals surface area contributed by atoms with Crippen molar-refractivity contribution in [3.8, 4) is 0 Å². The third kappa shape index (κ3) is 3.40. The summed E-state index contributed by atoms with van der Waals surface area (Å²) < 4.78 is 0. The number of hydrogen-bond donors (Lipinski definition) is 1. The highest BCUT2D eigenvalue weighted by molar-refractivity contribution is 6.21. The number of likely N-dealkylation sites (N-methyl/N-ethyl adjacent to an activating group) is 2. The third-order valence-electron chi connectivity index (χ3n) is 3.29. The van der Waals surface area contributed by atoms with Crippen molar-refractivity contribution in [1.82, 2.24) is 15.1 Å². The zero-order chi connectivity index (χ0) is 14.7. The summed E-state index contributed by atoms with van der Waals surface area (Å²) in [5.41, 5.74) is 0.864. The van der Waals surface area contributed by atoms with E-state index in [0.29, 0.717) is 17.7 Å². The van der Waals surface area contributed by atoms with Crippen LogP contribution in [0.25, 0.3) is 0 Å². The van der Waals surface area contributed by atoms with Gasteiger partial charge in [0.15, 0.2) is 0 Å². The maximum absolute atomic E-state index is 12.1. The molecule has 0 saturated carbocycles. The Kier molecular flexibility index (Phi) is 5.87. The molecule has 1 heterocycles. The van der Waals surface area contributed by atoms with Crippen molar-refractivity contribution >= 4 is 30.1 Å². The van der Waals surface area contributed by atoms with E-state index in [4.69, 9.17) is 0 Å².